The van der Waals surface area contributed by atoms with Crippen molar-refractivity contribution in [3.63, 3.8) is 0 Å². The Hall–Kier alpha value is -0.0400. The first-order chi connectivity index (χ1) is 8.38. The highest BCUT2D eigenvalue weighted by atomic mass is 14.9. The minimum atomic E-state index is 0.837. The average molecular weight is 237 g/mol. The first-order valence-electron chi connectivity index (χ1n) is 8.12. The zero-order valence-corrected chi connectivity index (χ0v) is 11.7. The molecule has 0 bridgehead atoms. The van der Waals surface area contributed by atoms with Crippen molar-refractivity contribution >= 4 is 0 Å². The first kappa shape index (κ1) is 13.4. The fourth-order valence-electron chi connectivity index (χ4n) is 3.32. The molecule has 1 unspecified atom stereocenters. The third kappa shape index (κ3) is 5.42. The molecule has 0 aromatic rings. The van der Waals surface area contributed by atoms with Crippen LogP contribution in [0.25, 0.3) is 0 Å². The first-order valence-corrected chi connectivity index (χ1v) is 8.12. The fourth-order valence-corrected chi connectivity index (χ4v) is 3.32. The lowest BCUT2D eigenvalue weighted by atomic mass is 9.84. The molecule has 1 N–H and O–H groups in total. The highest BCUT2D eigenvalue weighted by molar-refractivity contribution is 4.81. The Morgan fingerprint density at radius 3 is 2.41 bits per heavy atom. The molecule has 0 heterocycles. The molecule has 100 valence electrons. The summed E-state index contributed by atoms with van der Waals surface area (Å²) in [5.74, 6) is 2.14. The van der Waals surface area contributed by atoms with Crippen LogP contribution in [0.4, 0.5) is 0 Å². The maximum absolute atomic E-state index is 3.78. The van der Waals surface area contributed by atoms with Crippen LogP contribution in [0, 0.1) is 11.8 Å². The van der Waals surface area contributed by atoms with Gasteiger partial charge in [0.2, 0.25) is 0 Å². The Morgan fingerprint density at radius 1 is 1.00 bits per heavy atom. The van der Waals surface area contributed by atoms with Crippen molar-refractivity contribution in [1.29, 1.82) is 0 Å². The summed E-state index contributed by atoms with van der Waals surface area (Å²) in [6.07, 6.45) is 16.2. The lowest BCUT2D eigenvalue weighted by Crippen LogP contribution is -2.31. The van der Waals surface area contributed by atoms with Crippen LogP contribution in [0.3, 0.4) is 0 Å². The second kappa shape index (κ2) is 7.41. The molecule has 0 aromatic carbocycles. The molecule has 2 rings (SSSR count). The quantitative estimate of drug-likeness (QED) is 0.654. The van der Waals surface area contributed by atoms with Crippen molar-refractivity contribution in [2.24, 2.45) is 11.8 Å². The van der Waals surface area contributed by atoms with E-state index in [0.29, 0.717) is 0 Å². The third-order valence-corrected chi connectivity index (χ3v) is 4.65. The summed E-state index contributed by atoms with van der Waals surface area (Å²) in [5.41, 5.74) is 0. The van der Waals surface area contributed by atoms with Crippen molar-refractivity contribution < 1.29 is 0 Å². The molecular weight excluding hydrogens is 206 g/mol. The standard InChI is InChI=1S/C16H31N/c1-2-12-17-16(13-15-8-9-15)11-10-14-6-4-3-5-7-14/h14-17H,2-13H2,1H3. The van der Waals surface area contributed by atoms with Gasteiger partial charge in [0.15, 0.2) is 0 Å². The van der Waals surface area contributed by atoms with E-state index in [2.05, 4.69) is 12.2 Å². The molecule has 0 amide bonds. The number of rotatable bonds is 8. The number of hydrogen-bond donors (Lipinski definition) is 1. The lowest BCUT2D eigenvalue weighted by molar-refractivity contribution is 0.305. The lowest BCUT2D eigenvalue weighted by Gasteiger charge is -2.25. The van der Waals surface area contributed by atoms with Gasteiger partial charge in [0.05, 0.1) is 0 Å². The number of hydrogen-bond acceptors (Lipinski definition) is 1. The van der Waals surface area contributed by atoms with Gasteiger partial charge in [-0.1, -0.05) is 51.9 Å². The highest BCUT2D eigenvalue weighted by Crippen LogP contribution is 2.35. The molecule has 1 atom stereocenters. The van der Waals surface area contributed by atoms with E-state index in [1.807, 2.05) is 0 Å². The van der Waals surface area contributed by atoms with Gasteiger partial charge in [-0.3, -0.25) is 0 Å². The van der Waals surface area contributed by atoms with Crippen molar-refractivity contribution in [2.75, 3.05) is 6.54 Å². The third-order valence-electron chi connectivity index (χ3n) is 4.65. The summed E-state index contributed by atoms with van der Waals surface area (Å²) < 4.78 is 0. The van der Waals surface area contributed by atoms with Crippen LogP contribution in [-0.4, -0.2) is 12.6 Å². The molecule has 0 saturated heterocycles. The molecule has 17 heavy (non-hydrogen) atoms. The summed E-state index contributed by atoms with van der Waals surface area (Å²) in [5, 5.41) is 3.78. The van der Waals surface area contributed by atoms with Gasteiger partial charge < -0.3 is 5.32 Å². The van der Waals surface area contributed by atoms with Crippen LogP contribution in [0.1, 0.15) is 77.6 Å². The molecule has 0 aromatic heterocycles. The van der Waals surface area contributed by atoms with E-state index < -0.39 is 0 Å². The van der Waals surface area contributed by atoms with E-state index in [-0.39, 0.29) is 0 Å². The summed E-state index contributed by atoms with van der Waals surface area (Å²) in [4.78, 5) is 0. The van der Waals surface area contributed by atoms with E-state index in [0.717, 1.165) is 17.9 Å². The van der Waals surface area contributed by atoms with Gasteiger partial charge in [0, 0.05) is 6.04 Å². The SMILES string of the molecule is CCCNC(CCC1CCCCC1)CC1CC1. The van der Waals surface area contributed by atoms with E-state index in [9.17, 15) is 0 Å². The second-order valence-corrected chi connectivity index (χ2v) is 6.41. The summed E-state index contributed by atoms with van der Waals surface area (Å²) in [7, 11) is 0. The van der Waals surface area contributed by atoms with Crippen LogP contribution in [0.15, 0.2) is 0 Å². The van der Waals surface area contributed by atoms with Crippen LogP contribution < -0.4 is 5.32 Å². The van der Waals surface area contributed by atoms with Gasteiger partial charge >= 0.3 is 0 Å². The predicted molar refractivity (Wildman–Crippen MR) is 75.2 cm³/mol. The van der Waals surface area contributed by atoms with Crippen molar-refractivity contribution in [2.45, 2.75) is 83.6 Å². The Morgan fingerprint density at radius 2 is 1.76 bits per heavy atom. The zero-order valence-electron chi connectivity index (χ0n) is 11.7. The fraction of sp³-hybridized carbons (Fsp3) is 1.00. The summed E-state index contributed by atoms with van der Waals surface area (Å²) in [6, 6.07) is 0.837. The number of nitrogens with one attached hydrogen (secondary N) is 1. The molecule has 2 aliphatic rings. The van der Waals surface area contributed by atoms with E-state index in [1.165, 1.54) is 77.2 Å². The predicted octanol–water partition coefficient (Wildman–Crippen LogP) is 4.52. The Bertz CT molecular complexity index is 192. The maximum Gasteiger partial charge on any atom is 0.00698 e. The minimum absolute atomic E-state index is 0.837. The zero-order chi connectivity index (χ0) is 11.9. The molecule has 0 aliphatic heterocycles. The maximum atomic E-state index is 3.78. The van der Waals surface area contributed by atoms with Crippen molar-refractivity contribution in [3.8, 4) is 0 Å². The topological polar surface area (TPSA) is 12.0 Å². The minimum Gasteiger partial charge on any atom is -0.314 e. The van der Waals surface area contributed by atoms with Crippen LogP contribution in [-0.2, 0) is 0 Å². The van der Waals surface area contributed by atoms with Crippen molar-refractivity contribution in [3.05, 3.63) is 0 Å². The summed E-state index contributed by atoms with van der Waals surface area (Å²) >= 11 is 0. The van der Waals surface area contributed by atoms with E-state index >= 15 is 0 Å². The second-order valence-electron chi connectivity index (χ2n) is 6.41. The van der Waals surface area contributed by atoms with Gasteiger partial charge in [-0.15, -0.1) is 0 Å². The molecule has 2 fully saturated rings. The smallest absolute Gasteiger partial charge is 0.00698 e. The van der Waals surface area contributed by atoms with Crippen LogP contribution >= 0.6 is 0 Å². The largest absolute Gasteiger partial charge is 0.314 e. The van der Waals surface area contributed by atoms with Gasteiger partial charge in [-0.05, 0) is 44.1 Å². The Kier molecular flexibility index (Phi) is 5.84. The van der Waals surface area contributed by atoms with Gasteiger partial charge in [0.25, 0.3) is 0 Å². The van der Waals surface area contributed by atoms with E-state index in [4.69, 9.17) is 0 Å². The Balaban J connectivity index is 1.63. The van der Waals surface area contributed by atoms with Gasteiger partial charge in [0.1, 0.15) is 0 Å². The molecule has 1 nitrogen and oxygen atoms in total. The van der Waals surface area contributed by atoms with Crippen molar-refractivity contribution in [1.82, 2.24) is 5.32 Å². The van der Waals surface area contributed by atoms with E-state index in [1.54, 1.807) is 0 Å². The molecule has 2 saturated carbocycles. The van der Waals surface area contributed by atoms with Crippen LogP contribution in [0.2, 0.25) is 0 Å². The van der Waals surface area contributed by atoms with Gasteiger partial charge in [-0.2, -0.15) is 0 Å². The highest BCUT2D eigenvalue weighted by Gasteiger charge is 2.25. The molecule has 0 radical (unpaired) electrons. The normalized spacial score (nSPS) is 23.8. The van der Waals surface area contributed by atoms with Gasteiger partial charge in [-0.25, -0.2) is 0 Å². The summed E-state index contributed by atoms with van der Waals surface area (Å²) in [6.45, 7) is 3.50. The molecule has 2 aliphatic carbocycles. The average Bonchev–Trinajstić information content (AvgIpc) is 3.18. The van der Waals surface area contributed by atoms with Crippen LogP contribution in [0.5, 0.6) is 0 Å². The Labute approximate surface area is 108 Å². The monoisotopic (exact) mass is 237 g/mol. The molecular formula is C16H31N. The molecule has 1 heteroatoms. The molecule has 0 spiro atoms.